The molecule has 0 spiro atoms. The zero-order valence-electron chi connectivity index (χ0n) is 31.3. The van der Waals surface area contributed by atoms with Gasteiger partial charge in [-0.05, 0) is 108 Å². The van der Waals surface area contributed by atoms with Crippen molar-refractivity contribution in [1.82, 2.24) is 15.5 Å². The highest BCUT2D eigenvalue weighted by atomic mass is 16.6. The van der Waals surface area contributed by atoms with Gasteiger partial charge in [0.05, 0.1) is 0 Å². The van der Waals surface area contributed by atoms with E-state index in [0.717, 1.165) is 16.7 Å². The molecule has 5 atom stereocenters. The van der Waals surface area contributed by atoms with E-state index < -0.39 is 53.2 Å². The summed E-state index contributed by atoms with van der Waals surface area (Å²) >= 11 is 0. The number of nitrogens with zero attached hydrogens (tertiary/aromatic N) is 1. The van der Waals surface area contributed by atoms with Gasteiger partial charge in [-0.2, -0.15) is 0 Å². The number of carbonyl (C=O) groups excluding carboxylic acids is 4. The van der Waals surface area contributed by atoms with Gasteiger partial charge >= 0.3 is 12.1 Å². The van der Waals surface area contributed by atoms with E-state index in [-0.39, 0.29) is 30.6 Å². The largest absolute Gasteiger partial charge is 0.508 e. The lowest BCUT2D eigenvalue weighted by Crippen LogP contribution is -2.56. The number of hydrogen-bond donors (Lipinski definition) is 3. The number of aryl methyl sites for hydroxylation is 1. The molecule has 1 saturated carbocycles. The molecule has 1 aliphatic rings. The van der Waals surface area contributed by atoms with Gasteiger partial charge in [-0.1, -0.05) is 67.6 Å². The molecule has 10 heteroatoms. The highest BCUT2D eigenvalue weighted by Crippen LogP contribution is 2.42. The number of benzene rings is 3. The number of rotatable bonds is 12. The number of carbonyl (C=O) groups is 4. The Kier molecular flexibility index (Phi) is 12.2. The quantitative estimate of drug-likeness (QED) is 0.184. The van der Waals surface area contributed by atoms with Gasteiger partial charge < -0.3 is 30.1 Å². The van der Waals surface area contributed by atoms with Crippen LogP contribution in [0.5, 0.6) is 5.75 Å². The van der Waals surface area contributed by atoms with E-state index in [1.54, 1.807) is 58.6 Å². The van der Waals surface area contributed by atoms with Crippen molar-refractivity contribution >= 4 is 23.9 Å². The van der Waals surface area contributed by atoms with E-state index in [0.29, 0.717) is 17.5 Å². The lowest BCUT2D eigenvalue weighted by atomic mass is 9.93. The first-order valence-electron chi connectivity index (χ1n) is 17.6. The molecule has 0 saturated heterocycles. The van der Waals surface area contributed by atoms with E-state index in [1.807, 2.05) is 69.3 Å². The lowest BCUT2D eigenvalue weighted by molar-refractivity contribution is -0.159. The number of nitrogens with one attached hydrogen (secondary N) is 2. The Hall–Kier alpha value is -4.86. The number of esters is 1. The number of aromatic hydroxyl groups is 1. The molecule has 10 nitrogen and oxygen atoms in total. The van der Waals surface area contributed by atoms with Crippen LogP contribution in [0.4, 0.5) is 4.79 Å². The Labute approximate surface area is 301 Å². The molecule has 51 heavy (non-hydrogen) atoms. The fourth-order valence-corrected chi connectivity index (χ4v) is 6.02. The summed E-state index contributed by atoms with van der Waals surface area (Å²) in [7, 11) is 0. The van der Waals surface area contributed by atoms with Crippen molar-refractivity contribution in [2.75, 3.05) is 0 Å². The van der Waals surface area contributed by atoms with Gasteiger partial charge in [-0.25, -0.2) is 9.59 Å². The number of alkyl carbamates (subject to hydrolysis) is 1. The van der Waals surface area contributed by atoms with Gasteiger partial charge in [0.2, 0.25) is 11.8 Å². The average molecular weight is 700 g/mol. The molecule has 0 radical (unpaired) electrons. The van der Waals surface area contributed by atoms with Gasteiger partial charge in [-0.3, -0.25) is 9.59 Å². The Bertz CT molecular complexity index is 1690. The molecule has 274 valence electrons. The third kappa shape index (κ3) is 11.1. The van der Waals surface area contributed by atoms with Crippen LogP contribution in [0.3, 0.4) is 0 Å². The number of phenols is 1. The van der Waals surface area contributed by atoms with Gasteiger partial charge in [-0.15, -0.1) is 0 Å². The van der Waals surface area contributed by atoms with Crippen LogP contribution in [0.25, 0.3) is 0 Å². The maximum absolute atomic E-state index is 15.0. The number of hydrogen-bond acceptors (Lipinski definition) is 7. The standard InChI is InChI=1S/C41H53N3O7/c1-25-14-13-17-31(27(25)3)35(36(46)42-33(38(48)50-40(4,5)6)24-28-15-11-10-12-16-28)44(34-22-26(34)2)37(47)32(43-39(49)51-41(7,8)9)23-29-18-20-30(45)21-19-29/h10-21,26,32-35,45H,22-24H2,1-9H3,(H,42,46)(H,43,49). The second-order valence-electron chi connectivity index (χ2n) is 15.6. The third-order valence-corrected chi connectivity index (χ3v) is 8.80. The van der Waals surface area contributed by atoms with Gasteiger partial charge in [0.25, 0.3) is 0 Å². The molecule has 3 N–H and O–H groups in total. The SMILES string of the molecule is Cc1cccc(C(C(=O)NC(Cc2ccccc2)C(=O)OC(C)(C)C)N(C(=O)C(Cc2ccc(O)cc2)NC(=O)OC(C)(C)C)C2CC2C)c1C. The molecule has 1 aliphatic carbocycles. The van der Waals surface area contributed by atoms with E-state index >= 15 is 0 Å². The third-order valence-electron chi connectivity index (χ3n) is 8.80. The predicted octanol–water partition coefficient (Wildman–Crippen LogP) is 6.49. The summed E-state index contributed by atoms with van der Waals surface area (Å²) in [6.45, 7) is 16.4. The van der Waals surface area contributed by atoms with Crippen molar-refractivity contribution in [2.24, 2.45) is 5.92 Å². The van der Waals surface area contributed by atoms with Crippen molar-refractivity contribution in [3.63, 3.8) is 0 Å². The van der Waals surface area contributed by atoms with Crippen LogP contribution in [0.1, 0.15) is 88.7 Å². The van der Waals surface area contributed by atoms with E-state index in [9.17, 15) is 24.3 Å². The lowest BCUT2D eigenvalue weighted by Gasteiger charge is -2.36. The minimum absolute atomic E-state index is 0.0665. The van der Waals surface area contributed by atoms with Crippen LogP contribution in [0.2, 0.25) is 0 Å². The fourth-order valence-electron chi connectivity index (χ4n) is 6.02. The number of ether oxygens (including phenoxy) is 2. The van der Waals surface area contributed by atoms with E-state index in [4.69, 9.17) is 9.47 Å². The maximum atomic E-state index is 15.0. The van der Waals surface area contributed by atoms with Gasteiger partial charge in [0, 0.05) is 18.9 Å². The molecular formula is C41H53N3O7. The summed E-state index contributed by atoms with van der Waals surface area (Å²) in [5.41, 5.74) is 2.27. The smallest absolute Gasteiger partial charge is 0.408 e. The molecule has 4 rings (SSSR count). The number of phenolic OH excluding ortho intramolecular Hbond substituents is 1. The zero-order valence-corrected chi connectivity index (χ0v) is 31.3. The summed E-state index contributed by atoms with van der Waals surface area (Å²) in [4.78, 5) is 58.3. The molecule has 0 aliphatic heterocycles. The summed E-state index contributed by atoms with van der Waals surface area (Å²) in [6, 6.07) is 17.7. The second kappa shape index (κ2) is 16.0. The van der Waals surface area contributed by atoms with Crippen LogP contribution >= 0.6 is 0 Å². The monoisotopic (exact) mass is 699 g/mol. The van der Waals surface area contributed by atoms with Crippen molar-refractivity contribution in [2.45, 2.75) is 117 Å². The van der Waals surface area contributed by atoms with Crippen LogP contribution in [0.15, 0.2) is 72.8 Å². The summed E-state index contributed by atoms with van der Waals surface area (Å²) in [6.07, 6.45) is 0.131. The Morgan fingerprint density at radius 3 is 1.92 bits per heavy atom. The molecule has 0 aromatic heterocycles. The zero-order chi connectivity index (χ0) is 37.7. The van der Waals surface area contributed by atoms with Crippen LogP contribution in [0, 0.1) is 19.8 Å². The fraction of sp³-hybridized carbons (Fsp3) is 0.463. The molecule has 0 heterocycles. The van der Waals surface area contributed by atoms with Crippen LogP contribution in [-0.2, 0) is 36.7 Å². The van der Waals surface area contributed by atoms with Crippen molar-refractivity contribution < 1.29 is 33.8 Å². The molecule has 1 fully saturated rings. The second-order valence-corrected chi connectivity index (χ2v) is 15.6. The number of amides is 3. The van der Waals surface area contributed by atoms with Crippen LogP contribution < -0.4 is 10.6 Å². The maximum Gasteiger partial charge on any atom is 0.408 e. The summed E-state index contributed by atoms with van der Waals surface area (Å²) < 4.78 is 11.3. The van der Waals surface area contributed by atoms with E-state index in [2.05, 4.69) is 10.6 Å². The average Bonchev–Trinajstić information content (AvgIpc) is 3.75. The molecule has 3 amide bonds. The van der Waals surface area contributed by atoms with Crippen molar-refractivity contribution in [3.05, 3.63) is 101 Å². The first kappa shape index (κ1) is 38.9. The summed E-state index contributed by atoms with van der Waals surface area (Å²) in [5.74, 6) is -1.45. The first-order valence-corrected chi connectivity index (χ1v) is 17.6. The molecule has 0 bridgehead atoms. The van der Waals surface area contributed by atoms with Gasteiger partial charge in [0.15, 0.2) is 0 Å². The normalized spacial score (nSPS) is 17.4. The molecular weight excluding hydrogens is 646 g/mol. The Balaban J connectivity index is 1.80. The minimum atomic E-state index is -1.14. The topological polar surface area (TPSA) is 134 Å². The van der Waals surface area contributed by atoms with Crippen LogP contribution in [-0.4, -0.2) is 63.2 Å². The predicted molar refractivity (Wildman–Crippen MR) is 196 cm³/mol. The van der Waals surface area contributed by atoms with Gasteiger partial charge in [0.1, 0.15) is 35.1 Å². The first-order chi connectivity index (χ1) is 23.8. The molecule has 5 unspecified atom stereocenters. The highest BCUT2D eigenvalue weighted by Gasteiger charge is 2.49. The Morgan fingerprint density at radius 2 is 1.35 bits per heavy atom. The molecule has 3 aromatic carbocycles. The molecule has 3 aromatic rings. The summed E-state index contributed by atoms with van der Waals surface area (Å²) in [5, 5.41) is 15.7. The van der Waals surface area contributed by atoms with E-state index in [1.165, 1.54) is 12.1 Å². The van der Waals surface area contributed by atoms with Crippen molar-refractivity contribution in [1.29, 1.82) is 0 Å². The Morgan fingerprint density at radius 1 is 0.784 bits per heavy atom. The highest BCUT2D eigenvalue weighted by molar-refractivity contribution is 5.94. The minimum Gasteiger partial charge on any atom is -0.508 e. The van der Waals surface area contributed by atoms with Crippen molar-refractivity contribution in [3.8, 4) is 5.75 Å².